The third-order valence-corrected chi connectivity index (χ3v) is 6.05. The molecule has 0 bridgehead atoms. The molecule has 0 saturated carbocycles. The molecule has 2 aromatic heterocycles. The predicted octanol–water partition coefficient (Wildman–Crippen LogP) is 6.54. The zero-order valence-corrected chi connectivity index (χ0v) is 18.2. The van der Waals surface area contributed by atoms with Gasteiger partial charge in [0.25, 0.3) is 0 Å². The monoisotopic (exact) mass is 403 g/mol. The highest BCUT2D eigenvalue weighted by molar-refractivity contribution is 6.16. The van der Waals surface area contributed by atoms with Crippen LogP contribution in [0.25, 0.3) is 44.3 Å². The van der Waals surface area contributed by atoms with Crippen molar-refractivity contribution in [3.05, 3.63) is 89.1 Å². The first-order valence-electron chi connectivity index (χ1n) is 10.4. The smallest absolute Gasteiger partial charge is 0.216 e. The van der Waals surface area contributed by atoms with Crippen molar-refractivity contribution in [1.29, 1.82) is 5.26 Å². The van der Waals surface area contributed by atoms with Crippen LogP contribution in [0.3, 0.4) is 0 Å². The van der Waals surface area contributed by atoms with E-state index in [0.717, 1.165) is 44.3 Å². The third-order valence-electron chi connectivity index (χ3n) is 6.05. The van der Waals surface area contributed by atoms with Crippen LogP contribution in [-0.2, 0) is 7.05 Å². The van der Waals surface area contributed by atoms with Gasteiger partial charge in [-0.3, -0.25) is 0 Å². The van der Waals surface area contributed by atoms with E-state index in [4.69, 9.17) is 4.42 Å². The lowest BCUT2D eigenvalue weighted by molar-refractivity contribution is -0.660. The summed E-state index contributed by atoms with van der Waals surface area (Å²) in [6, 6.07) is 23.0. The van der Waals surface area contributed by atoms with Crippen molar-refractivity contribution in [2.75, 3.05) is 0 Å². The normalized spacial score (nSPS) is 11.2. The average molecular weight is 404 g/mol. The summed E-state index contributed by atoms with van der Waals surface area (Å²) in [5.41, 5.74) is 10.4. The van der Waals surface area contributed by atoms with E-state index in [1.165, 1.54) is 16.7 Å². The van der Waals surface area contributed by atoms with Gasteiger partial charge in [0.2, 0.25) is 5.69 Å². The van der Waals surface area contributed by atoms with Crippen molar-refractivity contribution in [2.45, 2.75) is 20.8 Å². The number of rotatable bonds is 2. The molecule has 0 fully saturated rings. The number of pyridine rings is 1. The van der Waals surface area contributed by atoms with Gasteiger partial charge in [0.1, 0.15) is 18.2 Å². The Labute approximate surface area is 181 Å². The van der Waals surface area contributed by atoms with Gasteiger partial charge < -0.3 is 4.42 Å². The quantitative estimate of drug-likeness (QED) is 0.314. The fourth-order valence-electron chi connectivity index (χ4n) is 4.58. The van der Waals surface area contributed by atoms with E-state index in [0.29, 0.717) is 5.56 Å². The third kappa shape index (κ3) is 3.00. The van der Waals surface area contributed by atoms with E-state index >= 15 is 0 Å². The lowest BCUT2D eigenvalue weighted by Crippen LogP contribution is -2.30. The maximum absolute atomic E-state index is 9.39. The Kier molecular flexibility index (Phi) is 4.38. The summed E-state index contributed by atoms with van der Waals surface area (Å²) >= 11 is 0. The van der Waals surface area contributed by atoms with Crippen molar-refractivity contribution in [1.82, 2.24) is 0 Å². The molecule has 0 radical (unpaired) electrons. The number of aromatic nitrogens is 1. The molecule has 3 heteroatoms. The zero-order chi connectivity index (χ0) is 21.7. The van der Waals surface area contributed by atoms with Gasteiger partial charge in [0.15, 0.2) is 6.20 Å². The second kappa shape index (κ2) is 7.11. The number of nitriles is 1. The molecule has 0 saturated heterocycles. The number of benzene rings is 3. The highest BCUT2D eigenvalue weighted by Crippen LogP contribution is 2.43. The summed E-state index contributed by atoms with van der Waals surface area (Å²) in [6.45, 7) is 6.42. The highest BCUT2D eigenvalue weighted by atomic mass is 16.3. The van der Waals surface area contributed by atoms with Crippen LogP contribution in [0, 0.1) is 32.1 Å². The lowest BCUT2D eigenvalue weighted by Gasteiger charge is -2.13. The number of nitrogens with zero attached hydrogens (tertiary/aromatic N) is 2. The number of hydrogen-bond donors (Lipinski definition) is 0. The number of fused-ring (bicyclic) bond motifs is 3. The Morgan fingerprint density at radius 1 is 0.871 bits per heavy atom. The van der Waals surface area contributed by atoms with Gasteiger partial charge in [-0.1, -0.05) is 23.8 Å². The number of aryl methyl sites for hydroxylation is 4. The molecule has 3 aromatic carbocycles. The molecule has 0 atom stereocenters. The van der Waals surface area contributed by atoms with Crippen LogP contribution in [0.2, 0.25) is 0 Å². The summed E-state index contributed by atoms with van der Waals surface area (Å²) in [5.74, 6) is 0. The second-order valence-electron chi connectivity index (χ2n) is 8.26. The molecule has 0 N–H and O–H groups in total. The van der Waals surface area contributed by atoms with Crippen LogP contribution >= 0.6 is 0 Å². The van der Waals surface area contributed by atoms with Crippen LogP contribution in [0.4, 0.5) is 0 Å². The Bertz CT molecular complexity index is 1530. The van der Waals surface area contributed by atoms with E-state index in [1.807, 2.05) is 24.3 Å². The van der Waals surface area contributed by atoms with E-state index in [-0.39, 0.29) is 0 Å². The van der Waals surface area contributed by atoms with Crippen LogP contribution < -0.4 is 4.57 Å². The van der Waals surface area contributed by atoms with Crippen molar-refractivity contribution in [2.24, 2.45) is 7.05 Å². The molecule has 0 aliphatic carbocycles. The van der Waals surface area contributed by atoms with E-state index in [2.05, 4.69) is 81.1 Å². The molecular formula is C28H23N2O+. The molecule has 31 heavy (non-hydrogen) atoms. The van der Waals surface area contributed by atoms with E-state index in [1.54, 1.807) is 0 Å². The van der Waals surface area contributed by atoms with Gasteiger partial charge in [-0.05, 0) is 73.4 Å². The van der Waals surface area contributed by atoms with Gasteiger partial charge in [-0.25, -0.2) is 4.57 Å². The first kappa shape index (κ1) is 19.1. The molecular weight excluding hydrogens is 380 g/mol. The largest absolute Gasteiger partial charge is 0.455 e. The molecule has 0 spiro atoms. The minimum Gasteiger partial charge on any atom is -0.455 e. The average Bonchev–Trinajstić information content (AvgIpc) is 3.12. The van der Waals surface area contributed by atoms with Gasteiger partial charge in [0, 0.05) is 22.9 Å². The van der Waals surface area contributed by atoms with Crippen LogP contribution in [0.5, 0.6) is 0 Å². The summed E-state index contributed by atoms with van der Waals surface area (Å²) in [7, 11) is 2.05. The summed E-state index contributed by atoms with van der Waals surface area (Å²) in [6.07, 6.45) is 2.05. The molecule has 0 aliphatic rings. The van der Waals surface area contributed by atoms with Gasteiger partial charge in [-0.2, -0.15) is 5.26 Å². The molecule has 2 heterocycles. The molecule has 0 unspecified atom stereocenters. The molecule has 3 nitrogen and oxygen atoms in total. The van der Waals surface area contributed by atoms with Crippen LogP contribution in [-0.4, -0.2) is 0 Å². The second-order valence-corrected chi connectivity index (χ2v) is 8.26. The van der Waals surface area contributed by atoms with Crippen molar-refractivity contribution >= 4 is 21.9 Å². The lowest BCUT2D eigenvalue weighted by atomic mass is 9.90. The van der Waals surface area contributed by atoms with Crippen LogP contribution in [0.15, 0.2) is 71.3 Å². The van der Waals surface area contributed by atoms with Crippen molar-refractivity contribution in [3.8, 4) is 28.5 Å². The van der Waals surface area contributed by atoms with E-state index in [9.17, 15) is 5.26 Å². The molecule has 0 aliphatic heterocycles. The first-order valence-corrected chi connectivity index (χ1v) is 10.4. The topological polar surface area (TPSA) is 40.8 Å². The minimum absolute atomic E-state index is 0.600. The Morgan fingerprint density at radius 2 is 1.71 bits per heavy atom. The number of furan rings is 1. The fraction of sp³-hybridized carbons (Fsp3) is 0.143. The molecule has 0 amide bonds. The molecule has 150 valence electrons. The van der Waals surface area contributed by atoms with E-state index < -0.39 is 0 Å². The van der Waals surface area contributed by atoms with Crippen LogP contribution in [0.1, 0.15) is 22.3 Å². The van der Waals surface area contributed by atoms with Crippen molar-refractivity contribution in [3.63, 3.8) is 0 Å². The van der Waals surface area contributed by atoms with Gasteiger partial charge in [0.05, 0.1) is 17.2 Å². The Hall–Kier alpha value is -3.90. The Balaban J connectivity index is 1.97. The summed E-state index contributed by atoms with van der Waals surface area (Å²) in [5, 5.41) is 11.5. The SMILES string of the molecule is Cc1ccc(-c2cc(C)c(-c3cccc[n+]3C)c3oc4cc(C#N)ccc4c23)c(C)c1. The highest BCUT2D eigenvalue weighted by Gasteiger charge is 2.24. The van der Waals surface area contributed by atoms with Gasteiger partial charge in [-0.15, -0.1) is 0 Å². The minimum atomic E-state index is 0.600. The number of hydrogen-bond acceptors (Lipinski definition) is 2. The Morgan fingerprint density at radius 3 is 2.45 bits per heavy atom. The predicted molar refractivity (Wildman–Crippen MR) is 125 cm³/mol. The zero-order valence-electron chi connectivity index (χ0n) is 18.2. The van der Waals surface area contributed by atoms with Gasteiger partial charge >= 0.3 is 0 Å². The molecule has 5 rings (SSSR count). The van der Waals surface area contributed by atoms with Crippen molar-refractivity contribution < 1.29 is 8.98 Å². The summed E-state index contributed by atoms with van der Waals surface area (Å²) < 4.78 is 8.60. The maximum atomic E-state index is 9.39. The summed E-state index contributed by atoms with van der Waals surface area (Å²) in [4.78, 5) is 0. The molecule has 5 aromatic rings. The standard InChI is InChI=1S/C28H23N2O/c1-17-8-10-21(18(2)13-17)23-14-19(3)26(24-7-5-6-12-30(24)4)28-27(23)22-11-9-20(16-29)15-25(22)31-28/h5-15H,1-4H3/q+1. The maximum Gasteiger partial charge on any atom is 0.216 e. The first-order chi connectivity index (χ1) is 15.0. The fourth-order valence-corrected chi connectivity index (χ4v) is 4.58.